The number of rotatable bonds is 10. The highest BCUT2D eigenvalue weighted by Crippen LogP contribution is 2.17. The standard InChI is InChI=1S/C17H29NO/c1-4-6-7-8-14-19-17-12-10-16(11-13-17)18-15(3)9-5-2/h10-13,15,18H,4-9,14H2,1-3H3. The van der Waals surface area contributed by atoms with Crippen molar-refractivity contribution in [2.24, 2.45) is 0 Å². The summed E-state index contributed by atoms with van der Waals surface area (Å²) in [5.41, 5.74) is 1.18. The quantitative estimate of drug-likeness (QED) is 0.582. The van der Waals surface area contributed by atoms with Gasteiger partial charge in [0.2, 0.25) is 0 Å². The lowest BCUT2D eigenvalue weighted by Crippen LogP contribution is -2.14. The number of unbranched alkanes of at least 4 members (excludes halogenated alkanes) is 3. The summed E-state index contributed by atoms with van der Waals surface area (Å²) >= 11 is 0. The number of hydrogen-bond acceptors (Lipinski definition) is 2. The topological polar surface area (TPSA) is 21.3 Å². The molecule has 1 aromatic carbocycles. The van der Waals surface area contributed by atoms with Crippen LogP contribution in [0.5, 0.6) is 5.75 Å². The van der Waals surface area contributed by atoms with Crippen LogP contribution in [-0.2, 0) is 0 Å². The molecular formula is C17H29NO. The van der Waals surface area contributed by atoms with E-state index in [9.17, 15) is 0 Å². The van der Waals surface area contributed by atoms with Crippen molar-refractivity contribution < 1.29 is 4.74 Å². The zero-order valence-electron chi connectivity index (χ0n) is 12.7. The molecule has 1 aromatic rings. The molecule has 1 rings (SSSR count). The lowest BCUT2D eigenvalue weighted by Gasteiger charge is -2.14. The van der Waals surface area contributed by atoms with E-state index in [1.54, 1.807) is 0 Å². The molecule has 0 amide bonds. The molecule has 0 aliphatic rings. The summed E-state index contributed by atoms with van der Waals surface area (Å²) in [5, 5.41) is 3.50. The average molecular weight is 263 g/mol. The molecule has 19 heavy (non-hydrogen) atoms. The zero-order valence-corrected chi connectivity index (χ0v) is 12.7. The SMILES string of the molecule is CCCCCCOc1ccc(NC(C)CCC)cc1. The van der Waals surface area contributed by atoms with Gasteiger partial charge in [0.25, 0.3) is 0 Å². The fraction of sp³-hybridized carbons (Fsp3) is 0.647. The fourth-order valence-corrected chi connectivity index (χ4v) is 2.16. The van der Waals surface area contributed by atoms with Crippen molar-refractivity contribution in [3.63, 3.8) is 0 Å². The summed E-state index contributed by atoms with van der Waals surface area (Å²) in [4.78, 5) is 0. The molecule has 2 nitrogen and oxygen atoms in total. The lowest BCUT2D eigenvalue weighted by atomic mass is 10.2. The Bertz CT molecular complexity index is 321. The van der Waals surface area contributed by atoms with Gasteiger partial charge in [-0.3, -0.25) is 0 Å². The molecule has 0 spiro atoms. The monoisotopic (exact) mass is 263 g/mol. The maximum atomic E-state index is 5.73. The van der Waals surface area contributed by atoms with Crippen molar-refractivity contribution in [1.82, 2.24) is 0 Å². The van der Waals surface area contributed by atoms with Crippen LogP contribution in [0, 0.1) is 0 Å². The Morgan fingerprint density at radius 3 is 2.37 bits per heavy atom. The van der Waals surface area contributed by atoms with Gasteiger partial charge in [0.15, 0.2) is 0 Å². The first-order valence-electron chi connectivity index (χ1n) is 7.75. The zero-order chi connectivity index (χ0) is 13.9. The molecule has 0 heterocycles. The van der Waals surface area contributed by atoms with E-state index < -0.39 is 0 Å². The van der Waals surface area contributed by atoms with Gasteiger partial charge in [0.05, 0.1) is 6.61 Å². The normalized spacial score (nSPS) is 12.2. The highest BCUT2D eigenvalue weighted by molar-refractivity contribution is 5.46. The lowest BCUT2D eigenvalue weighted by molar-refractivity contribution is 0.305. The summed E-state index contributed by atoms with van der Waals surface area (Å²) in [6, 6.07) is 8.86. The molecule has 0 radical (unpaired) electrons. The summed E-state index contributed by atoms with van der Waals surface area (Å²) in [5.74, 6) is 0.977. The Morgan fingerprint density at radius 1 is 1.00 bits per heavy atom. The van der Waals surface area contributed by atoms with Crippen LogP contribution >= 0.6 is 0 Å². The molecule has 1 atom stereocenters. The minimum absolute atomic E-state index is 0.533. The average Bonchev–Trinajstić information content (AvgIpc) is 2.41. The summed E-state index contributed by atoms with van der Waals surface area (Å²) < 4.78 is 5.73. The van der Waals surface area contributed by atoms with Gasteiger partial charge in [-0.1, -0.05) is 39.5 Å². The van der Waals surface area contributed by atoms with E-state index in [0.717, 1.165) is 18.8 Å². The largest absolute Gasteiger partial charge is 0.494 e. The van der Waals surface area contributed by atoms with E-state index in [2.05, 4.69) is 50.4 Å². The van der Waals surface area contributed by atoms with Crippen molar-refractivity contribution in [2.75, 3.05) is 11.9 Å². The smallest absolute Gasteiger partial charge is 0.119 e. The van der Waals surface area contributed by atoms with Crippen LogP contribution in [0.25, 0.3) is 0 Å². The van der Waals surface area contributed by atoms with Crippen LogP contribution in [0.3, 0.4) is 0 Å². The summed E-state index contributed by atoms with van der Waals surface area (Å²) in [6.07, 6.45) is 7.42. The third kappa shape index (κ3) is 7.09. The Kier molecular flexibility index (Phi) is 8.11. The Morgan fingerprint density at radius 2 is 1.74 bits per heavy atom. The number of benzene rings is 1. The highest BCUT2D eigenvalue weighted by Gasteiger charge is 2.00. The van der Waals surface area contributed by atoms with E-state index in [-0.39, 0.29) is 0 Å². The predicted molar refractivity (Wildman–Crippen MR) is 84.1 cm³/mol. The van der Waals surface area contributed by atoms with Crippen molar-refractivity contribution in [1.29, 1.82) is 0 Å². The van der Waals surface area contributed by atoms with Crippen molar-refractivity contribution in [3.8, 4) is 5.75 Å². The number of ether oxygens (including phenoxy) is 1. The van der Waals surface area contributed by atoms with Crippen LogP contribution in [-0.4, -0.2) is 12.6 Å². The highest BCUT2D eigenvalue weighted by atomic mass is 16.5. The summed E-state index contributed by atoms with van der Waals surface area (Å²) in [6.45, 7) is 7.50. The third-order valence-corrected chi connectivity index (χ3v) is 3.26. The molecule has 0 aromatic heterocycles. The molecule has 0 fully saturated rings. The molecule has 0 aliphatic heterocycles. The maximum Gasteiger partial charge on any atom is 0.119 e. The third-order valence-electron chi connectivity index (χ3n) is 3.26. The van der Waals surface area contributed by atoms with Crippen LogP contribution < -0.4 is 10.1 Å². The van der Waals surface area contributed by atoms with E-state index in [1.165, 1.54) is 37.8 Å². The van der Waals surface area contributed by atoms with Crippen LogP contribution in [0.1, 0.15) is 59.3 Å². The van der Waals surface area contributed by atoms with E-state index in [1.807, 2.05) is 0 Å². The van der Waals surface area contributed by atoms with Crippen molar-refractivity contribution in [2.45, 2.75) is 65.3 Å². The first-order chi connectivity index (χ1) is 9.26. The van der Waals surface area contributed by atoms with Crippen molar-refractivity contribution in [3.05, 3.63) is 24.3 Å². The Balaban J connectivity index is 2.27. The van der Waals surface area contributed by atoms with Gasteiger partial charge < -0.3 is 10.1 Å². The van der Waals surface area contributed by atoms with Gasteiger partial charge >= 0.3 is 0 Å². The molecule has 1 unspecified atom stereocenters. The first-order valence-corrected chi connectivity index (χ1v) is 7.75. The first kappa shape index (κ1) is 15.9. The van der Waals surface area contributed by atoms with Crippen LogP contribution in [0.2, 0.25) is 0 Å². The molecule has 0 bridgehead atoms. The molecular weight excluding hydrogens is 234 g/mol. The Hall–Kier alpha value is -1.18. The summed E-state index contributed by atoms with van der Waals surface area (Å²) in [7, 11) is 0. The van der Waals surface area contributed by atoms with Gasteiger partial charge in [-0.05, 0) is 44.0 Å². The second-order valence-electron chi connectivity index (χ2n) is 5.27. The van der Waals surface area contributed by atoms with Crippen LogP contribution in [0.15, 0.2) is 24.3 Å². The van der Waals surface area contributed by atoms with Gasteiger partial charge in [-0.25, -0.2) is 0 Å². The van der Waals surface area contributed by atoms with Gasteiger partial charge in [-0.15, -0.1) is 0 Å². The molecule has 1 N–H and O–H groups in total. The number of nitrogens with one attached hydrogen (secondary N) is 1. The second-order valence-corrected chi connectivity index (χ2v) is 5.27. The van der Waals surface area contributed by atoms with Gasteiger partial charge in [0.1, 0.15) is 5.75 Å². The minimum atomic E-state index is 0.533. The van der Waals surface area contributed by atoms with Gasteiger partial charge in [-0.2, -0.15) is 0 Å². The molecule has 108 valence electrons. The van der Waals surface area contributed by atoms with E-state index in [0.29, 0.717) is 6.04 Å². The van der Waals surface area contributed by atoms with Gasteiger partial charge in [0, 0.05) is 11.7 Å². The minimum Gasteiger partial charge on any atom is -0.494 e. The van der Waals surface area contributed by atoms with E-state index in [4.69, 9.17) is 4.74 Å². The molecule has 0 saturated heterocycles. The molecule has 0 saturated carbocycles. The number of hydrogen-bond donors (Lipinski definition) is 1. The molecule has 0 aliphatic carbocycles. The van der Waals surface area contributed by atoms with Crippen LogP contribution in [0.4, 0.5) is 5.69 Å². The number of anilines is 1. The Labute approximate surface area is 118 Å². The second kappa shape index (κ2) is 9.71. The predicted octanol–water partition coefficient (Wildman–Crippen LogP) is 5.25. The fourth-order valence-electron chi connectivity index (χ4n) is 2.16. The van der Waals surface area contributed by atoms with E-state index >= 15 is 0 Å². The van der Waals surface area contributed by atoms with Crippen molar-refractivity contribution >= 4 is 5.69 Å². The molecule has 2 heteroatoms. The maximum absolute atomic E-state index is 5.73.